The van der Waals surface area contributed by atoms with Crippen LogP contribution in [0, 0.1) is 10.1 Å². The van der Waals surface area contributed by atoms with Gasteiger partial charge in [-0.15, -0.1) is 0 Å². The average molecular weight is 245 g/mol. The molecule has 0 aliphatic carbocycles. The largest absolute Gasteiger partial charge is 0.330 e. The van der Waals surface area contributed by atoms with Crippen molar-refractivity contribution in [3.63, 3.8) is 0 Å². The second-order valence-electron chi connectivity index (χ2n) is 2.55. The first-order chi connectivity index (χ1) is 6.16. The highest BCUT2D eigenvalue weighted by atomic mass is 79.9. The van der Waals surface area contributed by atoms with Crippen molar-refractivity contribution in [3.8, 4) is 0 Å². The third-order valence-electron chi connectivity index (χ3n) is 1.67. The highest BCUT2D eigenvalue weighted by Gasteiger charge is 2.13. The minimum absolute atomic E-state index is 0.0888. The SMILES string of the molecule is NCCc1cccc([N+](=O)[O-])c1Br. The van der Waals surface area contributed by atoms with E-state index in [1.165, 1.54) is 6.07 Å². The lowest BCUT2D eigenvalue weighted by Gasteiger charge is -2.02. The molecule has 70 valence electrons. The molecule has 1 rings (SSSR count). The molecule has 0 fully saturated rings. The molecular weight excluding hydrogens is 236 g/mol. The summed E-state index contributed by atoms with van der Waals surface area (Å²) in [7, 11) is 0. The van der Waals surface area contributed by atoms with Gasteiger partial charge >= 0.3 is 0 Å². The van der Waals surface area contributed by atoms with Crippen LogP contribution < -0.4 is 5.73 Å². The Hall–Kier alpha value is -0.940. The van der Waals surface area contributed by atoms with E-state index in [1.54, 1.807) is 6.07 Å². The van der Waals surface area contributed by atoms with Crippen molar-refractivity contribution >= 4 is 21.6 Å². The lowest BCUT2D eigenvalue weighted by atomic mass is 10.1. The van der Waals surface area contributed by atoms with Gasteiger partial charge in [0.05, 0.1) is 9.40 Å². The smallest absolute Gasteiger partial charge is 0.283 e. The van der Waals surface area contributed by atoms with Crippen molar-refractivity contribution in [2.45, 2.75) is 6.42 Å². The fraction of sp³-hybridized carbons (Fsp3) is 0.250. The van der Waals surface area contributed by atoms with Gasteiger partial charge < -0.3 is 5.73 Å². The zero-order chi connectivity index (χ0) is 9.84. The molecule has 0 aliphatic rings. The van der Waals surface area contributed by atoms with Crippen LogP contribution in [0.4, 0.5) is 5.69 Å². The van der Waals surface area contributed by atoms with Gasteiger partial charge in [-0.25, -0.2) is 0 Å². The third-order valence-corrected chi connectivity index (χ3v) is 2.58. The average Bonchev–Trinajstić information content (AvgIpc) is 2.08. The summed E-state index contributed by atoms with van der Waals surface area (Å²) in [4.78, 5) is 10.1. The fourth-order valence-corrected chi connectivity index (χ4v) is 1.66. The lowest BCUT2D eigenvalue weighted by Crippen LogP contribution is -2.04. The lowest BCUT2D eigenvalue weighted by molar-refractivity contribution is -0.385. The number of hydrogen-bond donors (Lipinski definition) is 1. The molecule has 0 aromatic heterocycles. The maximum absolute atomic E-state index is 10.5. The van der Waals surface area contributed by atoms with Crippen LogP contribution >= 0.6 is 15.9 Å². The van der Waals surface area contributed by atoms with E-state index in [0.29, 0.717) is 17.4 Å². The van der Waals surface area contributed by atoms with E-state index in [9.17, 15) is 10.1 Å². The third kappa shape index (κ3) is 2.26. The van der Waals surface area contributed by atoms with Crippen LogP contribution in [0.15, 0.2) is 22.7 Å². The van der Waals surface area contributed by atoms with Crippen LogP contribution in [0.3, 0.4) is 0 Å². The molecule has 0 radical (unpaired) electrons. The Morgan fingerprint density at radius 3 is 2.77 bits per heavy atom. The predicted octanol–water partition coefficient (Wildman–Crippen LogP) is 1.86. The van der Waals surface area contributed by atoms with E-state index >= 15 is 0 Å². The zero-order valence-electron chi connectivity index (χ0n) is 6.87. The topological polar surface area (TPSA) is 69.2 Å². The van der Waals surface area contributed by atoms with Crippen molar-refractivity contribution in [1.29, 1.82) is 0 Å². The summed E-state index contributed by atoms with van der Waals surface area (Å²) in [5.41, 5.74) is 6.33. The zero-order valence-corrected chi connectivity index (χ0v) is 8.45. The normalized spacial score (nSPS) is 10.0. The number of nitro groups is 1. The van der Waals surface area contributed by atoms with Gasteiger partial charge in [0.2, 0.25) is 0 Å². The second-order valence-corrected chi connectivity index (χ2v) is 3.34. The summed E-state index contributed by atoms with van der Waals surface area (Å²) in [5, 5.41) is 10.5. The maximum atomic E-state index is 10.5. The predicted molar refractivity (Wildman–Crippen MR) is 53.6 cm³/mol. The van der Waals surface area contributed by atoms with Gasteiger partial charge in [0.1, 0.15) is 0 Å². The Morgan fingerprint density at radius 2 is 2.23 bits per heavy atom. The molecule has 0 saturated carbocycles. The van der Waals surface area contributed by atoms with Gasteiger partial charge in [0, 0.05) is 6.07 Å². The molecule has 0 spiro atoms. The van der Waals surface area contributed by atoms with E-state index in [4.69, 9.17) is 5.73 Å². The molecule has 0 bridgehead atoms. The summed E-state index contributed by atoms with van der Waals surface area (Å²) >= 11 is 3.19. The van der Waals surface area contributed by atoms with Crippen molar-refractivity contribution in [2.24, 2.45) is 5.73 Å². The van der Waals surface area contributed by atoms with Crippen LogP contribution in [0.2, 0.25) is 0 Å². The molecule has 0 amide bonds. The molecular formula is C8H9BrN2O2. The number of hydrogen-bond acceptors (Lipinski definition) is 3. The van der Waals surface area contributed by atoms with Gasteiger partial charge in [0.25, 0.3) is 5.69 Å². The molecule has 1 aromatic carbocycles. The second kappa shape index (κ2) is 4.34. The number of halogens is 1. The summed E-state index contributed by atoms with van der Waals surface area (Å²) in [6, 6.07) is 4.95. The molecule has 2 N–H and O–H groups in total. The van der Waals surface area contributed by atoms with Crippen LogP contribution in [-0.2, 0) is 6.42 Å². The van der Waals surface area contributed by atoms with Gasteiger partial charge in [-0.2, -0.15) is 0 Å². The van der Waals surface area contributed by atoms with E-state index in [0.717, 1.165) is 5.56 Å². The molecule has 0 unspecified atom stereocenters. The molecule has 0 saturated heterocycles. The highest BCUT2D eigenvalue weighted by molar-refractivity contribution is 9.10. The summed E-state index contributed by atoms with van der Waals surface area (Å²) in [5.74, 6) is 0. The number of nitro benzene ring substituents is 1. The monoisotopic (exact) mass is 244 g/mol. The summed E-state index contributed by atoms with van der Waals surface area (Å²) in [6.07, 6.45) is 0.641. The highest BCUT2D eigenvalue weighted by Crippen LogP contribution is 2.28. The Morgan fingerprint density at radius 1 is 1.54 bits per heavy atom. The first-order valence-corrected chi connectivity index (χ1v) is 4.58. The molecule has 1 aromatic rings. The van der Waals surface area contributed by atoms with E-state index in [1.807, 2.05) is 6.07 Å². The number of nitrogens with two attached hydrogens (primary N) is 1. The first kappa shape index (κ1) is 10.1. The number of nitrogens with zero attached hydrogens (tertiary/aromatic N) is 1. The molecule has 4 nitrogen and oxygen atoms in total. The van der Waals surface area contributed by atoms with Crippen LogP contribution in [0.25, 0.3) is 0 Å². The minimum Gasteiger partial charge on any atom is -0.330 e. The van der Waals surface area contributed by atoms with Crippen LogP contribution in [0.1, 0.15) is 5.56 Å². The molecule has 5 heteroatoms. The quantitative estimate of drug-likeness (QED) is 0.652. The summed E-state index contributed by atoms with van der Waals surface area (Å²) < 4.78 is 0.533. The van der Waals surface area contributed by atoms with Crippen molar-refractivity contribution < 1.29 is 4.92 Å². The molecule has 13 heavy (non-hydrogen) atoms. The fourth-order valence-electron chi connectivity index (χ4n) is 1.06. The van der Waals surface area contributed by atoms with E-state index in [2.05, 4.69) is 15.9 Å². The van der Waals surface area contributed by atoms with Gasteiger partial charge in [-0.3, -0.25) is 10.1 Å². The van der Waals surface area contributed by atoms with Crippen LogP contribution in [0.5, 0.6) is 0 Å². The minimum atomic E-state index is -0.413. The Labute approximate surface area is 84.0 Å². The molecule has 0 atom stereocenters. The Kier molecular flexibility index (Phi) is 3.39. The number of rotatable bonds is 3. The van der Waals surface area contributed by atoms with E-state index < -0.39 is 4.92 Å². The van der Waals surface area contributed by atoms with Gasteiger partial charge in [-0.05, 0) is 34.5 Å². The van der Waals surface area contributed by atoms with Crippen molar-refractivity contribution in [2.75, 3.05) is 6.54 Å². The maximum Gasteiger partial charge on any atom is 0.283 e. The molecule has 0 heterocycles. The van der Waals surface area contributed by atoms with Crippen molar-refractivity contribution in [1.82, 2.24) is 0 Å². The van der Waals surface area contributed by atoms with Crippen molar-refractivity contribution in [3.05, 3.63) is 38.3 Å². The summed E-state index contributed by atoms with van der Waals surface area (Å²) in [6.45, 7) is 0.486. The number of benzene rings is 1. The van der Waals surface area contributed by atoms with Gasteiger partial charge in [0.15, 0.2) is 0 Å². The standard InChI is InChI=1S/C8H9BrN2O2/c9-8-6(4-5-10)2-1-3-7(8)11(12)13/h1-3H,4-5,10H2. The molecule has 0 aliphatic heterocycles. The Bertz CT molecular complexity index is 328. The van der Waals surface area contributed by atoms with E-state index in [-0.39, 0.29) is 5.69 Å². The van der Waals surface area contributed by atoms with Crippen LogP contribution in [-0.4, -0.2) is 11.5 Å². The van der Waals surface area contributed by atoms with Gasteiger partial charge in [-0.1, -0.05) is 12.1 Å². The Balaban J connectivity index is 3.10. The first-order valence-electron chi connectivity index (χ1n) is 3.78.